The van der Waals surface area contributed by atoms with Crippen LogP contribution in [0.3, 0.4) is 0 Å². The topological polar surface area (TPSA) is 86.3 Å². The molecule has 0 aromatic heterocycles. The molecule has 0 saturated carbocycles. The van der Waals surface area contributed by atoms with Gasteiger partial charge in [-0.15, -0.1) is 0 Å². The second-order valence-electron chi connectivity index (χ2n) is 4.26. The fourth-order valence-electron chi connectivity index (χ4n) is 1.71. The molecule has 0 spiro atoms. The molecule has 0 radical (unpaired) electrons. The third kappa shape index (κ3) is 3.60. The molecule has 0 aliphatic carbocycles. The van der Waals surface area contributed by atoms with Gasteiger partial charge in [-0.1, -0.05) is 35.4 Å². The first-order chi connectivity index (χ1) is 10.4. The fraction of sp³-hybridized carbons (Fsp3) is 0. The molecule has 0 N–H and O–H groups in total. The van der Waals surface area contributed by atoms with Gasteiger partial charge in [-0.05, 0) is 23.3 Å². The predicted octanol–water partition coefficient (Wildman–Crippen LogP) is 4.98. The van der Waals surface area contributed by atoms with Crippen molar-refractivity contribution in [1.29, 1.82) is 0 Å². The normalized spacial score (nSPS) is 10.8. The minimum atomic E-state index is -0.535. The van der Waals surface area contributed by atoms with Gasteiger partial charge in [0.25, 0.3) is 11.4 Å². The van der Waals surface area contributed by atoms with Crippen molar-refractivity contribution in [2.75, 3.05) is 0 Å². The van der Waals surface area contributed by atoms with E-state index in [1.807, 2.05) is 0 Å². The number of nitro groups is 2. The molecule has 112 valence electrons. The van der Waals surface area contributed by atoms with E-state index in [4.69, 9.17) is 23.2 Å². The maximum atomic E-state index is 10.6. The lowest BCUT2D eigenvalue weighted by Crippen LogP contribution is -1.88. The zero-order valence-corrected chi connectivity index (χ0v) is 12.4. The molecule has 0 fully saturated rings. The Labute approximate surface area is 134 Å². The van der Waals surface area contributed by atoms with Crippen molar-refractivity contribution < 1.29 is 9.85 Å². The lowest BCUT2D eigenvalue weighted by Gasteiger charge is -2.00. The second-order valence-corrected chi connectivity index (χ2v) is 5.07. The molecular weight excluding hydrogens is 331 g/mol. The summed E-state index contributed by atoms with van der Waals surface area (Å²) < 4.78 is 0. The minimum Gasteiger partial charge on any atom is -0.258 e. The molecule has 2 aromatic rings. The Kier molecular flexibility index (Phi) is 4.75. The van der Waals surface area contributed by atoms with Crippen LogP contribution in [-0.2, 0) is 0 Å². The summed E-state index contributed by atoms with van der Waals surface area (Å²) in [6, 6.07) is 8.19. The van der Waals surface area contributed by atoms with Gasteiger partial charge in [0.2, 0.25) is 0 Å². The molecule has 0 heterocycles. The summed E-state index contributed by atoms with van der Waals surface area (Å²) in [7, 11) is 0. The van der Waals surface area contributed by atoms with E-state index in [1.54, 1.807) is 12.2 Å². The van der Waals surface area contributed by atoms with Crippen LogP contribution in [0, 0.1) is 20.2 Å². The van der Waals surface area contributed by atoms with Crippen molar-refractivity contribution in [1.82, 2.24) is 0 Å². The average molecular weight is 339 g/mol. The van der Waals surface area contributed by atoms with Gasteiger partial charge in [-0.2, -0.15) is 0 Å². The molecule has 2 aromatic carbocycles. The third-order valence-electron chi connectivity index (χ3n) is 2.83. The lowest BCUT2D eigenvalue weighted by atomic mass is 10.1. The van der Waals surface area contributed by atoms with Crippen molar-refractivity contribution in [2.45, 2.75) is 0 Å². The Morgan fingerprint density at radius 1 is 0.773 bits per heavy atom. The first-order valence-corrected chi connectivity index (χ1v) is 6.70. The highest BCUT2D eigenvalue weighted by Crippen LogP contribution is 2.27. The van der Waals surface area contributed by atoms with Crippen LogP contribution < -0.4 is 0 Å². The quantitative estimate of drug-likeness (QED) is 0.446. The van der Waals surface area contributed by atoms with Crippen LogP contribution in [0.2, 0.25) is 10.0 Å². The Bertz CT molecular complexity index is 725. The molecule has 0 aliphatic heterocycles. The maximum Gasteiger partial charge on any atom is 0.270 e. The molecule has 6 nitrogen and oxygen atoms in total. The van der Waals surface area contributed by atoms with Gasteiger partial charge in [-0.3, -0.25) is 20.2 Å². The molecule has 0 bridgehead atoms. The van der Waals surface area contributed by atoms with Crippen LogP contribution in [0.15, 0.2) is 36.4 Å². The molecule has 8 heteroatoms. The Hall–Kier alpha value is -2.44. The van der Waals surface area contributed by atoms with Crippen LogP contribution in [-0.4, -0.2) is 9.85 Å². The molecule has 0 unspecified atom stereocenters. The van der Waals surface area contributed by atoms with Crippen molar-refractivity contribution in [3.05, 3.63) is 77.8 Å². The Morgan fingerprint density at radius 3 is 1.41 bits per heavy atom. The summed E-state index contributed by atoms with van der Waals surface area (Å²) in [5, 5.41) is 21.7. The number of halogens is 2. The minimum absolute atomic E-state index is 0.101. The highest BCUT2D eigenvalue weighted by atomic mass is 35.5. The van der Waals surface area contributed by atoms with E-state index < -0.39 is 9.85 Å². The first-order valence-electron chi connectivity index (χ1n) is 5.94. The van der Waals surface area contributed by atoms with Crippen LogP contribution in [0.1, 0.15) is 11.1 Å². The van der Waals surface area contributed by atoms with E-state index in [1.165, 1.54) is 36.4 Å². The summed E-state index contributed by atoms with van der Waals surface area (Å²) in [5.74, 6) is 0. The van der Waals surface area contributed by atoms with E-state index in [0.717, 1.165) is 0 Å². The van der Waals surface area contributed by atoms with E-state index in [-0.39, 0.29) is 21.4 Å². The van der Waals surface area contributed by atoms with E-state index in [9.17, 15) is 20.2 Å². The van der Waals surface area contributed by atoms with Crippen molar-refractivity contribution >= 4 is 46.7 Å². The van der Waals surface area contributed by atoms with Gasteiger partial charge < -0.3 is 0 Å². The molecular formula is C14H8Cl2N2O4. The SMILES string of the molecule is O=[N+]([O-])c1ccc(/C=C/c2ccc([N+](=O)[O-])cc2Cl)c(Cl)c1. The van der Waals surface area contributed by atoms with E-state index in [2.05, 4.69) is 0 Å². The maximum absolute atomic E-state index is 10.6. The zero-order valence-electron chi connectivity index (χ0n) is 10.9. The number of benzene rings is 2. The Balaban J connectivity index is 2.29. The second kappa shape index (κ2) is 6.55. The largest absolute Gasteiger partial charge is 0.270 e. The van der Waals surface area contributed by atoms with Crippen molar-refractivity contribution in [3.63, 3.8) is 0 Å². The summed E-state index contributed by atoms with van der Waals surface area (Å²) in [5.41, 5.74) is 0.939. The van der Waals surface area contributed by atoms with Gasteiger partial charge >= 0.3 is 0 Å². The zero-order chi connectivity index (χ0) is 16.3. The molecule has 0 amide bonds. The standard InChI is InChI=1S/C14H8Cl2N2O4/c15-13-7-11(17(19)20)5-3-9(13)1-2-10-4-6-12(18(21)22)8-14(10)16/h1-8H/b2-1+. The van der Waals surface area contributed by atoms with Gasteiger partial charge in [0.05, 0.1) is 19.9 Å². The average Bonchev–Trinajstić information content (AvgIpc) is 2.46. The highest BCUT2D eigenvalue weighted by Gasteiger charge is 2.09. The van der Waals surface area contributed by atoms with Crippen molar-refractivity contribution in [2.24, 2.45) is 0 Å². The number of hydrogen-bond donors (Lipinski definition) is 0. The smallest absolute Gasteiger partial charge is 0.258 e. The van der Waals surface area contributed by atoms with Gasteiger partial charge in [0, 0.05) is 24.3 Å². The van der Waals surface area contributed by atoms with Crippen LogP contribution in [0.5, 0.6) is 0 Å². The molecule has 0 aliphatic rings. The monoisotopic (exact) mass is 338 g/mol. The van der Waals surface area contributed by atoms with E-state index >= 15 is 0 Å². The van der Waals surface area contributed by atoms with Gasteiger partial charge in [0.15, 0.2) is 0 Å². The molecule has 0 atom stereocenters. The van der Waals surface area contributed by atoms with Crippen LogP contribution in [0.4, 0.5) is 11.4 Å². The molecule has 0 saturated heterocycles. The van der Waals surface area contributed by atoms with Crippen LogP contribution in [0.25, 0.3) is 12.2 Å². The first kappa shape index (κ1) is 15.9. The summed E-state index contributed by atoms with van der Waals surface area (Å²) in [6.45, 7) is 0. The Morgan fingerprint density at radius 2 is 1.14 bits per heavy atom. The predicted molar refractivity (Wildman–Crippen MR) is 85.1 cm³/mol. The summed E-state index contributed by atoms with van der Waals surface area (Å²) in [6.07, 6.45) is 3.25. The van der Waals surface area contributed by atoms with Gasteiger partial charge in [-0.25, -0.2) is 0 Å². The number of rotatable bonds is 4. The molecule has 22 heavy (non-hydrogen) atoms. The lowest BCUT2D eigenvalue weighted by molar-refractivity contribution is -0.385. The fourth-order valence-corrected chi connectivity index (χ4v) is 2.18. The van der Waals surface area contributed by atoms with E-state index in [0.29, 0.717) is 11.1 Å². The number of non-ortho nitro benzene ring substituents is 2. The third-order valence-corrected chi connectivity index (χ3v) is 3.49. The number of nitrogens with zero attached hydrogens (tertiary/aromatic N) is 2. The van der Waals surface area contributed by atoms with Crippen LogP contribution >= 0.6 is 23.2 Å². The van der Waals surface area contributed by atoms with Crippen molar-refractivity contribution in [3.8, 4) is 0 Å². The number of hydrogen-bond acceptors (Lipinski definition) is 4. The highest BCUT2D eigenvalue weighted by molar-refractivity contribution is 6.33. The number of nitro benzene ring substituents is 2. The summed E-state index contributed by atoms with van der Waals surface area (Å²) in [4.78, 5) is 20.2. The summed E-state index contributed by atoms with van der Waals surface area (Å²) >= 11 is 11.9. The van der Waals surface area contributed by atoms with Gasteiger partial charge in [0.1, 0.15) is 0 Å². The molecule has 2 rings (SSSR count).